The van der Waals surface area contributed by atoms with Gasteiger partial charge in [-0.15, -0.1) is 0 Å². The van der Waals surface area contributed by atoms with Crippen molar-refractivity contribution in [2.24, 2.45) is 0 Å². The van der Waals surface area contributed by atoms with E-state index < -0.39 is 35.9 Å². The molecule has 36 heavy (non-hydrogen) atoms. The summed E-state index contributed by atoms with van der Waals surface area (Å²) in [6.07, 6.45) is -1.05. The van der Waals surface area contributed by atoms with Gasteiger partial charge in [0.2, 0.25) is 0 Å². The fourth-order valence-corrected chi connectivity index (χ4v) is 4.34. The molecule has 0 amide bonds. The van der Waals surface area contributed by atoms with Crippen molar-refractivity contribution in [3.8, 4) is 0 Å². The van der Waals surface area contributed by atoms with E-state index in [2.05, 4.69) is 0 Å². The van der Waals surface area contributed by atoms with Crippen molar-refractivity contribution >= 4 is 50.9 Å². The van der Waals surface area contributed by atoms with Crippen LogP contribution in [0.2, 0.25) is 0 Å². The Kier molecular flexibility index (Phi) is 6.79. The molecule has 8 heteroatoms. The number of pyridine rings is 1. The molecule has 0 N–H and O–H groups in total. The summed E-state index contributed by atoms with van der Waals surface area (Å²) in [5, 5.41) is 2.14. The zero-order valence-electron chi connectivity index (χ0n) is 20.8. The average Bonchev–Trinajstić information content (AvgIpc) is 3.20. The third-order valence-corrected chi connectivity index (χ3v) is 5.56. The molecule has 4 aromatic rings. The summed E-state index contributed by atoms with van der Waals surface area (Å²) in [6, 6.07) is 14.6. The van der Waals surface area contributed by atoms with Crippen LogP contribution in [0.1, 0.15) is 65.8 Å². The number of hydrogen-bond acceptors (Lipinski definition) is 7. The van der Waals surface area contributed by atoms with Gasteiger partial charge in [-0.3, -0.25) is 4.79 Å². The number of ketones is 1. The van der Waals surface area contributed by atoms with Crippen LogP contribution in [0.4, 0.5) is 0 Å². The topological polar surface area (TPSA) is 100 Å². The van der Waals surface area contributed by atoms with E-state index >= 15 is 0 Å². The normalized spacial score (nSPS) is 11.4. The molecule has 0 spiro atoms. The van der Waals surface area contributed by atoms with Gasteiger partial charge in [-0.25, -0.2) is 14.4 Å². The zero-order valence-corrected chi connectivity index (χ0v) is 20.8. The van der Waals surface area contributed by atoms with Gasteiger partial charge in [0, 0.05) is 10.8 Å². The van der Waals surface area contributed by atoms with Crippen molar-refractivity contribution in [2.75, 3.05) is 6.61 Å². The standard InChI is InChI=1S/C28H27NO7/c1-6-34-28(33)25(30)21-22(26(31)35-15(2)3)24(27(32)36-16(4)5)29-20-14-10-9-12-18(20)17-11-7-8-13-19(17)23(21)29/h7-16H,6H2,1-5H3. The van der Waals surface area contributed by atoms with E-state index in [1.807, 2.05) is 24.3 Å². The van der Waals surface area contributed by atoms with Crippen LogP contribution in [-0.4, -0.2) is 46.9 Å². The van der Waals surface area contributed by atoms with Crippen LogP contribution in [0.25, 0.3) is 27.2 Å². The SMILES string of the molecule is CCOC(=O)C(=O)c1c(C(=O)OC(C)C)c(C(=O)OC(C)C)n2c3ccccc3c3ccccc3c12. The Morgan fingerprint density at radius 2 is 1.31 bits per heavy atom. The van der Waals surface area contributed by atoms with E-state index in [-0.39, 0.29) is 28.9 Å². The van der Waals surface area contributed by atoms with E-state index in [1.165, 1.54) is 4.40 Å². The Hall–Kier alpha value is -4.20. The number of esters is 3. The van der Waals surface area contributed by atoms with Gasteiger partial charge in [0.1, 0.15) is 11.3 Å². The summed E-state index contributed by atoms with van der Waals surface area (Å²) in [6.45, 7) is 8.20. The first kappa shape index (κ1) is 24.9. The van der Waals surface area contributed by atoms with Gasteiger partial charge in [-0.05, 0) is 46.1 Å². The summed E-state index contributed by atoms with van der Waals surface area (Å²) >= 11 is 0. The Bertz CT molecular complexity index is 1530. The lowest BCUT2D eigenvalue weighted by Gasteiger charge is -2.13. The van der Waals surface area contributed by atoms with Gasteiger partial charge < -0.3 is 18.6 Å². The van der Waals surface area contributed by atoms with Crippen LogP contribution in [0.3, 0.4) is 0 Å². The van der Waals surface area contributed by atoms with Crippen molar-refractivity contribution in [2.45, 2.75) is 46.8 Å². The van der Waals surface area contributed by atoms with E-state index in [0.29, 0.717) is 10.9 Å². The molecule has 0 bridgehead atoms. The summed E-state index contributed by atoms with van der Waals surface area (Å²) in [5.74, 6) is -3.91. The summed E-state index contributed by atoms with van der Waals surface area (Å²) in [4.78, 5) is 53.2. The van der Waals surface area contributed by atoms with Crippen molar-refractivity contribution in [3.63, 3.8) is 0 Å². The number of ether oxygens (including phenoxy) is 3. The number of aromatic nitrogens is 1. The molecule has 8 nitrogen and oxygen atoms in total. The Morgan fingerprint density at radius 1 is 0.750 bits per heavy atom. The van der Waals surface area contributed by atoms with Crippen LogP contribution in [0.15, 0.2) is 48.5 Å². The van der Waals surface area contributed by atoms with Gasteiger partial charge >= 0.3 is 17.9 Å². The fraction of sp³-hybridized carbons (Fsp3) is 0.286. The number of carbonyl (C=O) groups is 4. The minimum atomic E-state index is -1.13. The molecule has 0 unspecified atom stereocenters. The minimum Gasteiger partial charge on any atom is -0.460 e. The number of carbonyl (C=O) groups excluding carboxylic acids is 4. The number of nitrogens with zero attached hydrogens (tertiary/aromatic N) is 1. The highest BCUT2D eigenvalue weighted by Crippen LogP contribution is 2.37. The maximum atomic E-state index is 13.5. The van der Waals surface area contributed by atoms with Crippen molar-refractivity contribution < 1.29 is 33.4 Å². The largest absolute Gasteiger partial charge is 0.460 e. The monoisotopic (exact) mass is 489 g/mol. The molecule has 0 atom stereocenters. The third-order valence-electron chi connectivity index (χ3n) is 5.56. The number of para-hydroxylation sites is 1. The molecule has 186 valence electrons. The molecule has 0 aliphatic rings. The highest BCUT2D eigenvalue weighted by Gasteiger charge is 2.38. The van der Waals surface area contributed by atoms with Crippen LogP contribution in [0, 0.1) is 0 Å². The highest BCUT2D eigenvalue weighted by molar-refractivity contribution is 6.45. The van der Waals surface area contributed by atoms with Crippen LogP contribution >= 0.6 is 0 Å². The number of Topliss-reactive ketones (excluding diaryl/α,β-unsaturated/α-hetero) is 1. The number of fused-ring (bicyclic) bond motifs is 6. The first-order valence-electron chi connectivity index (χ1n) is 11.8. The smallest absolute Gasteiger partial charge is 0.379 e. The van der Waals surface area contributed by atoms with Gasteiger partial charge in [0.25, 0.3) is 5.78 Å². The maximum Gasteiger partial charge on any atom is 0.379 e. The van der Waals surface area contributed by atoms with Crippen molar-refractivity contribution in [1.82, 2.24) is 4.40 Å². The molecule has 2 aromatic heterocycles. The lowest BCUT2D eigenvalue weighted by atomic mass is 10.00. The third kappa shape index (κ3) is 4.19. The predicted molar refractivity (Wildman–Crippen MR) is 134 cm³/mol. The van der Waals surface area contributed by atoms with Gasteiger partial charge in [0.15, 0.2) is 0 Å². The summed E-state index contributed by atoms with van der Waals surface area (Å²) in [7, 11) is 0. The molecule has 4 rings (SSSR count). The van der Waals surface area contributed by atoms with E-state index in [9.17, 15) is 19.2 Å². The Morgan fingerprint density at radius 3 is 1.92 bits per heavy atom. The number of benzene rings is 2. The van der Waals surface area contributed by atoms with E-state index in [0.717, 1.165) is 10.8 Å². The number of hydrogen-bond donors (Lipinski definition) is 0. The van der Waals surface area contributed by atoms with Gasteiger partial charge in [-0.1, -0.05) is 42.5 Å². The van der Waals surface area contributed by atoms with Gasteiger partial charge in [0.05, 0.1) is 35.4 Å². The molecular formula is C28H27NO7. The minimum absolute atomic E-state index is 0.0337. The lowest BCUT2D eigenvalue weighted by molar-refractivity contribution is -0.137. The zero-order chi connectivity index (χ0) is 26.1. The maximum absolute atomic E-state index is 13.5. The highest BCUT2D eigenvalue weighted by atomic mass is 16.6. The second kappa shape index (κ2) is 9.81. The molecule has 0 aliphatic heterocycles. The molecular weight excluding hydrogens is 462 g/mol. The lowest BCUT2D eigenvalue weighted by Crippen LogP contribution is -2.23. The predicted octanol–water partition coefficient (Wildman–Crippen LogP) is 5.12. The average molecular weight is 490 g/mol. The quantitative estimate of drug-likeness (QED) is 0.117. The first-order valence-corrected chi connectivity index (χ1v) is 11.8. The van der Waals surface area contributed by atoms with Crippen molar-refractivity contribution in [3.05, 3.63) is 65.4 Å². The second-order valence-corrected chi connectivity index (χ2v) is 8.80. The summed E-state index contributed by atoms with van der Waals surface area (Å²) < 4.78 is 17.5. The molecule has 2 heterocycles. The molecule has 0 radical (unpaired) electrons. The molecule has 2 aromatic carbocycles. The number of rotatable bonds is 7. The fourth-order valence-electron chi connectivity index (χ4n) is 4.34. The molecule has 0 saturated heterocycles. The second-order valence-electron chi connectivity index (χ2n) is 8.80. The molecule has 0 aliphatic carbocycles. The van der Waals surface area contributed by atoms with E-state index in [1.54, 1.807) is 58.9 Å². The first-order chi connectivity index (χ1) is 17.2. The van der Waals surface area contributed by atoms with Gasteiger partial charge in [-0.2, -0.15) is 0 Å². The molecule has 0 saturated carbocycles. The van der Waals surface area contributed by atoms with Crippen LogP contribution < -0.4 is 0 Å². The van der Waals surface area contributed by atoms with Crippen LogP contribution in [0.5, 0.6) is 0 Å². The molecule has 0 fully saturated rings. The Labute approximate surface area is 207 Å². The van der Waals surface area contributed by atoms with Crippen molar-refractivity contribution in [1.29, 1.82) is 0 Å². The Balaban J connectivity index is 2.29. The van der Waals surface area contributed by atoms with Crippen LogP contribution in [-0.2, 0) is 19.0 Å². The summed E-state index contributed by atoms with van der Waals surface area (Å²) in [5.41, 5.74) is 0.0294. The van der Waals surface area contributed by atoms with E-state index in [4.69, 9.17) is 14.2 Å².